The summed E-state index contributed by atoms with van der Waals surface area (Å²) in [6, 6.07) is 0. The Hall–Kier alpha value is -1.65. The summed E-state index contributed by atoms with van der Waals surface area (Å²) < 4.78 is 1.74. The van der Waals surface area contributed by atoms with Gasteiger partial charge >= 0.3 is 0 Å². The van der Waals surface area contributed by atoms with Crippen molar-refractivity contribution < 1.29 is 5.11 Å². The first kappa shape index (κ1) is 7.02. The first-order valence-corrected chi connectivity index (χ1v) is 3.53. The highest BCUT2D eigenvalue weighted by Crippen LogP contribution is 2.17. The van der Waals surface area contributed by atoms with Gasteiger partial charge in [-0.3, -0.25) is 0 Å². The van der Waals surface area contributed by atoms with Crippen molar-refractivity contribution >= 4 is 11.2 Å². The fourth-order valence-corrected chi connectivity index (χ4v) is 1.10. The Morgan fingerprint density at radius 1 is 1.42 bits per heavy atom. The SMILES string of the molecule is Cc1nc(O)c2ncn(C)c2n1. The van der Waals surface area contributed by atoms with Gasteiger partial charge in [0.15, 0.2) is 11.2 Å². The molecule has 0 spiro atoms. The van der Waals surface area contributed by atoms with Crippen LogP contribution in [0, 0.1) is 6.92 Å². The second-order valence-electron chi connectivity index (χ2n) is 2.62. The Kier molecular flexibility index (Phi) is 1.27. The minimum Gasteiger partial charge on any atom is -0.492 e. The molecule has 0 saturated heterocycles. The number of hydrogen-bond acceptors (Lipinski definition) is 4. The molecule has 0 aromatic carbocycles. The fraction of sp³-hybridized carbons (Fsp3) is 0.286. The number of aryl methyl sites for hydroxylation is 2. The van der Waals surface area contributed by atoms with Crippen molar-refractivity contribution in [3.63, 3.8) is 0 Å². The molecule has 0 bridgehead atoms. The standard InChI is InChI=1S/C7H8N4O/c1-4-9-6-5(7(12)10-4)8-3-11(6)2/h3H,1-2H3,(H,9,10,12). The van der Waals surface area contributed by atoms with Crippen LogP contribution < -0.4 is 0 Å². The molecule has 1 N–H and O–H groups in total. The van der Waals surface area contributed by atoms with Crippen LogP contribution in [0.5, 0.6) is 5.88 Å². The van der Waals surface area contributed by atoms with Crippen molar-refractivity contribution in [2.24, 2.45) is 7.05 Å². The summed E-state index contributed by atoms with van der Waals surface area (Å²) in [4.78, 5) is 11.9. The first-order valence-electron chi connectivity index (χ1n) is 3.53. The van der Waals surface area contributed by atoms with Crippen molar-refractivity contribution in [2.45, 2.75) is 6.92 Å². The van der Waals surface area contributed by atoms with E-state index in [4.69, 9.17) is 0 Å². The molecule has 0 atom stereocenters. The van der Waals surface area contributed by atoms with Gasteiger partial charge in [0.1, 0.15) is 5.82 Å². The molecule has 5 nitrogen and oxygen atoms in total. The number of nitrogens with zero attached hydrogens (tertiary/aromatic N) is 4. The predicted molar refractivity (Wildman–Crippen MR) is 42.7 cm³/mol. The Bertz CT molecular complexity index is 434. The number of rotatable bonds is 0. The quantitative estimate of drug-likeness (QED) is 0.611. The lowest BCUT2D eigenvalue weighted by atomic mass is 10.5. The molecule has 0 aliphatic carbocycles. The van der Waals surface area contributed by atoms with E-state index in [-0.39, 0.29) is 5.88 Å². The third-order valence-electron chi connectivity index (χ3n) is 1.65. The molecule has 0 aliphatic rings. The maximum atomic E-state index is 9.34. The molecule has 0 fully saturated rings. The van der Waals surface area contributed by atoms with E-state index < -0.39 is 0 Å². The van der Waals surface area contributed by atoms with Gasteiger partial charge in [-0.05, 0) is 6.92 Å². The van der Waals surface area contributed by atoms with E-state index in [0.717, 1.165) is 0 Å². The average molecular weight is 164 g/mol. The molecular formula is C7H8N4O. The van der Waals surface area contributed by atoms with E-state index >= 15 is 0 Å². The molecular weight excluding hydrogens is 156 g/mol. The van der Waals surface area contributed by atoms with Crippen LogP contribution in [0.3, 0.4) is 0 Å². The van der Waals surface area contributed by atoms with Gasteiger partial charge in [-0.15, -0.1) is 0 Å². The minimum absolute atomic E-state index is 0.0573. The van der Waals surface area contributed by atoms with Crippen LogP contribution in [-0.2, 0) is 7.05 Å². The van der Waals surface area contributed by atoms with Crippen molar-refractivity contribution in [1.29, 1.82) is 0 Å². The third kappa shape index (κ3) is 0.827. The number of aromatic nitrogens is 4. The third-order valence-corrected chi connectivity index (χ3v) is 1.65. The summed E-state index contributed by atoms with van der Waals surface area (Å²) in [6.07, 6.45) is 1.60. The van der Waals surface area contributed by atoms with E-state index in [2.05, 4.69) is 15.0 Å². The van der Waals surface area contributed by atoms with Gasteiger partial charge in [0, 0.05) is 7.05 Å². The number of imidazole rings is 1. The zero-order valence-corrected chi connectivity index (χ0v) is 6.81. The highest BCUT2D eigenvalue weighted by molar-refractivity contribution is 5.75. The first-order chi connectivity index (χ1) is 5.68. The van der Waals surface area contributed by atoms with E-state index in [1.54, 1.807) is 17.8 Å². The molecule has 0 amide bonds. The van der Waals surface area contributed by atoms with Crippen LogP contribution >= 0.6 is 0 Å². The molecule has 5 heteroatoms. The van der Waals surface area contributed by atoms with Crippen molar-refractivity contribution in [3.8, 4) is 5.88 Å². The topological polar surface area (TPSA) is 63.8 Å². The Morgan fingerprint density at radius 3 is 2.92 bits per heavy atom. The van der Waals surface area contributed by atoms with Crippen LogP contribution in [0.15, 0.2) is 6.33 Å². The van der Waals surface area contributed by atoms with Gasteiger partial charge in [-0.2, -0.15) is 4.98 Å². The van der Waals surface area contributed by atoms with Gasteiger partial charge in [0.05, 0.1) is 6.33 Å². The lowest BCUT2D eigenvalue weighted by molar-refractivity contribution is 0.456. The average Bonchev–Trinajstić information content (AvgIpc) is 2.33. The molecule has 62 valence electrons. The molecule has 2 aromatic rings. The van der Waals surface area contributed by atoms with Crippen LogP contribution in [-0.4, -0.2) is 24.6 Å². The summed E-state index contributed by atoms with van der Waals surface area (Å²) in [5.74, 6) is 0.488. The number of fused-ring (bicyclic) bond motifs is 1. The fourth-order valence-electron chi connectivity index (χ4n) is 1.10. The highest BCUT2D eigenvalue weighted by Gasteiger charge is 2.07. The van der Waals surface area contributed by atoms with Gasteiger partial charge in [0.25, 0.3) is 0 Å². The molecule has 2 rings (SSSR count). The summed E-state index contributed by atoms with van der Waals surface area (Å²) >= 11 is 0. The van der Waals surface area contributed by atoms with E-state index in [1.165, 1.54) is 0 Å². The van der Waals surface area contributed by atoms with Crippen molar-refractivity contribution in [3.05, 3.63) is 12.2 Å². The molecule has 2 heterocycles. The monoisotopic (exact) mass is 164 g/mol. The Labute approximate surface area is 68.7 Å². The van der Waals surface area contributed by atoms with Crippen molar-refractivity contribution in [2.75, 3.05) is 0 Å². The Balaban J connectivity index is 2.92. The minimum atomic E-state index is -0.0573. The van der Waals surface area contributed by atoms with Gasteiger partial charge in [-0.25, -0.2) is 9.97 Å². The van der Waals surface area contributed by atoms with Gasteiger partial charge in [0.2, 0.25) is 5.88 Å². The smallest absolute Gasteiger partial charge is 0.243 e. The van der Waals surface area contributed by atoms with E-state index in [1.807, 2.05) is 7.05 Å². The largest absolute Gasteiger partial charge is 0.492 e. The molecule has 12 heavy (non-hydrogen) atoms. The lowest BCUT2D eigenvalue weighted by Crippen LogP contribution is -1.92. The maximum absolute atomic E-state index is 9.34. The van der Waals surface area contributed by atoms with Gasteiger partial charge in [-0.1, -0.05) is 0 Å². The summed E-state index contributed by atoms with van der Waals surface area (Å²) in [7, 11) is 1.82. The predicted octanol–water partition coefficient (Wildman–Crippen LogP) is 0.377. The summed E-state index contributed by atoms with van der Waals surface area (Å²) in [5, 5.41) is 9.34. The summed E-state index contributed by atoms with van der Waals surface area (Å²) in [6.45, 7) is 1.73. The Morgan fingerprint density at radius 2 is 2.17 bits per heavy atom. The highest BCUT2D eigenvalue weighted by atomic mass is 16.3. The second kappa shape index (κ2) is 2.17. The lowest BCUT2D eigenvalue weighted by Gasteiger charge is -1.96. The zero-order chi connectivity index (χ0) is 8.72. The molecule has 0 unspecified atom stereocenters. The molecule has 0 saturated carbocycles. The van der Waals surface area contributed by atoms with E-state index in [0.29, 0.717) is 17.0 Å². The summed E-state index contributed by atoms with van der Waals surface area (Å²) in [5.41, 5.74) is 1.10. The molecule has 0 radical (unpaired) electrons. The van der Waals surface area contributed by atoms with Crippen LogP contribution in [0.1, 0.15) is 5.82 Å². The van der Waals surface area contributed by atoms with E-state index in [9.17, 15) is 5.11 Å². The second-order valence-corrected chi connectivity index (χ2v) is 2.62. The number of hydrogen-bond donors (Lipinski definition) is 1. The van der Waals surface area contributed by atoms with Crippen LogP contribution in [0.25, 0.3) is 11.2 Å². The normalized spacial score (nSPS) is 10.8. The van der Waals surface area contributed by atoms with Gasteiger partial charge < -0.3 is 9.67 Å². The zero-order valence-electron chi connectivity index (χ0n) is 6.81. The van der Waals surface area contributed by atoms with Crippen LogP contribution in [0.2, 0.25) is 0 Å². The molecule has 0 aliphatic heterocycles. The molecule has 2 aromatic heterocycles. The van der Waals surface area contributed by atoms with Crippen LogP contribution in [0.4, 0.5) is 0 Å². The number of aromatic hydroxyl groups is 1. The maximum Gasteiger partial charge on any atom is 0.243 e. The van der Waals surface area contributed by atoms with Crippen molar-refractivity contribution in [1.82, 2.24) is 19.5 Å².